The maximum atomic E-state index is 13.8. The van der Waals surface area contributed by atoms with Crippen LogP contribution in [0.5, 0.6) is 17.2 Å². The lowest BCUT2D eigenvalue weighted by atomic mass is 10.1. The van der Waals surface area contributed by atoms with Gasteiger partial charge in [0.05, 0.1) is 18.1 Å². The van der Waals surface area contributed by atoms with E-state index in [0.717, 1.165) is 18.1 Å². The van der Waals surface area contributed by atoms with Gasteiger partial charge in [-0.2, -0.15) is 4.72 Å². The molecule has 0 spiro atoms. The molecule has 1 heterocycles. The Balaban J connectivity index is 1.92. The minimum atomic E-state index is -4.13. The van der Waals surface area contributed by atoms with E-state index in [2.05, 4.69) is 25.5 Å². The molecular formula is C28H41NO8SSi. The number of carbonyl (C=O) groups excluding carboxylic acids is 1. The number of hydrogen-bond acceptors (Lipinski definition) is 8. The highest BCUT2D eigenvalue weighted by Crippen LogP contribution is 2.33. The van der Waals surface area contributed by atoms with Crippen LogP contribution in [0.1, 0.15) is 49.9 Å². The van der Waals surface area contributed by atoms with Gasteiger partial charge in [-0.1, -0.05) is 26.8 Å². The van der Waals surface area contributed by atoms with E-state index in [9.17, 15) is 13.2 Å². The minimum absolute atomic E-state index is 0.0575. The van der Waals surface area contributed by atoms with Crippen molar-refractivity contribution in [1.82, 2.24) is 4.72 Å². The predicted molar refractivity (Wildman–Crippen MR) is 151 cm³/mol. The molecule has 0 saturated carbocycles. The van der Waals surface area contributed by atoms with Gasteiger partial charge in [-0.3, -0.25) is 4.79 Å². The summed E-state index contributed by atoms with van der Waals surface area (Å²) < 4.78 is 58.5. The van der Waals surface area contributed by atoms with E-state index in [4.69, 9.17) is 23.4 Å². The Morgan fingerprint density at radius 3 is 2.28 bits per heavy atom. The maximum Gasteiger partial charge on any atom is 0.327 e. The Morgan fingerprint density at radius 2 is 1.67 bits per heavy atom. The Labute approximate surface area is 233 Å². The van der Waals surface area contributed by atoms with Crippen LogP contribution in [0.25, 0.3) is 0 Å². The summed E-state index contributed by atoms with van der Waals surface area (Å²) in [5, 5.41) is 0. The predicted octanol–water partition coefficient (Wildman–Crippen LogP) is 5.15. The first-order valence-electron chi connectivity index (χ1n) is 13.3. The fraction of sp³-hybridized carbons (Fsp3) is 0.536. The average molecular weight is 580 g/mol. The van der Waals surface area contributed by atoms with Crippen molar-refractivity contribution in [2.75, 3.05) is 13.9 Å². The molecule has 0 saturated heterocycles. The van der Waals surface area contributed by atoms with E-state index < -0.39 is 36.5 Å². The molecule has 2 atom stereocenters. The second kappa shape index (κ2) is 12.7. The summed E-state index contributed by atoms with van der Waals surface area (Å²) in [6.07, 6.45) is -0.740. The van der Waals surface area contributed by atoms with Gasteiger partial charge in [-0.15, -0.1) is 0 Å². The molecule has 0 bridgehead atoms. The smallest absolute Gasteiger partial charge is 0.327 e. The summed E-state index contributed by atoms with van der Waals surface area (Å²) in [6.45, 7) is 13.3. The highest BCUT2D eigenvalue weighted by Gasteiger charge is 2.39. The van der Waals surface area contributed by atoms with Gasteiger partial charge in [0.2, 0.25) is 16.8 Å². The fourth-order valence-corrected chi connectivity index (χ4v) is 9.65. The van der Waals surface area contributed by atoms with Gasteiger partial charge < -0.3 is 23.4 Å². The summed E-state index contributed by atoms with van der Waals surface area (Å²) in [5.41, 5.74) is 2.48. The first kappa shape index (κ1) is 30.9. The lowest BCUT2D eigenvalue weighted by Gasteiger charge is -2.34. The van der Waals surface area contributed by atoms with Gasteiger partial charge >= 0.3 is 5.97 Å². The van der Waals surface area contributed by atoms with Gasteiger partial charge in [-0.25, -0.2) is 8.42 Å². The second-order valence-electron chi connectivity index (χ2n) is 9.94. The van der Waals surface area contributed by atoms with Crippen LogP contribution in [0.4, 0.5) is 0 Å². The number of aryl methyl sites for hydroxylation is 1. The molecule has 0 aliphatic carbocycles. The van der Waals surface area contributed by atoms with Crippen LogP contribution < -0.4 is 18.9 Å². The number of sulfonamides is 1. The summed E-state index contributed by atoms with van der Waals surface area (Å²) in [7, 11) is -4.76. The third-order valence-electron chi connectivity index (χ3n) is 7.66. The molecular weight excluding hydrogens is 538 g/mol. The highest BCUT2D eigenvalue weighted by atomic mass is 32.2. The molecule has 3 rings (SSSR count). The number of rotatable bonds is 13. The zero-order valence-corrected chi connectivity index (χ0v) is 26.0. The molecule has 1 aliphatic rings. The molecule has 0 aromatic heterocycles. The zero-order valence-electron chi connectivity index (χ0n) is 24.2. The van der Waals surface area contributed by atoms with Crippen LogP contribution in [0.3, 0.4) is 0 Å². The SMILES string of the molecule is CC[Si](CC)(CC)O[C@@H](C)[C@@H](NS(=O)(=O)c1c(C)cc(OC)c(C)c1C)C(=O)OCc1ccc2c(c1)OCO2. The monoisotopic (exact) mass is 579 g/mol. The Kier molecular flexibility index (Phi) is 10.1. The topological polar surface area (TPSA) is 109 Å². The summed E-state index contributed by atoms with van der Waals surface area (Å²) in [6, 6.07) is 8.26. The van der Waals surface area contributed by atoms with Crippen molar-refractivity contribution in [3.8, 4) is 17.2 Å². The Morgan fingerprint density at radius 1 is 1.03 bits per heavy atom. The van der Waals surface area contributed by atoms with E-state index >= 15 is 0 Å². The van der Waals surface area contributed by atoms with Gasteiger partial charge in [0.25, 0.3) is 0 Å². The highest BCUT2D eigenvalue weighted by molar-refractivity contribution is 7.89. The van der Waals surface area contributed by atoms with Gasteiger partial charge in [0, 0.05) is 0 Å². The molecule has 9 nitrogen and oxygen atoms in total. The average Bonchev–Trinajstić information content (AvgIpc) is 3.39. The number of ether oxygens (including phenoxy) is 4. The molecule has 39 heavy (non-hydrogen) atoms. The van der Waals surface area contributed by atoms with Gasteiger partial charge in [-0.05, 0) is 86.3 Å². The fourth-order valence-electron chi connectivity index (χ4n) is 4.95. The first-order chi connectivity index (χ1) is 18.4. The van der Waals surface area contributed by atoms with Crippen molar-refractivity contribution >= 4 is 24.3 Å². The first-order valence-corrected chi connectivity index (χ1v) is 17.3. The van der Waals surface area contributed by atoms with Gasteiger partial charge in [0.1, 0.15) is 18.4 Å². The van der Waals surface area contributed by atoms with Crippen molar-refractivity contribution in [3.05, 3.63) is 46.5 Å². The zero-order chi connectivity index (χ0) is 29.0. The van der Waals surface area contributed by atoms with Crippen molar-refractivity contribution in [2.24, 2.45) is 0 Å². The summed E-state index contributed by atoms with van der Waals surface area (Å²) >= 11 is 0. The van der Waals surface area contributed by atoms with Crippen LogP contribution in [0.2, 0.25) is 18.1 Å². The number of fused-ring (bicyclic) bond motifs is 1. The van der Waals surface area contributed by atoms with Crippen molar-refractivity contribution in [3.63, 3.8) is 0 Å². The van der Waals surface area contributed by atoms with E-state index in [0.29, 0.717) is 39.5 Å². The number of nitrogens with one attached hydrogen (secondary N) is 1. The van der Waals surface area contributed by atoms with Crippen LogP contribution in [-0.4, -0.2) is 48.8 Å². The number of esters is 1. The van der Waals surface area contributed by atoms with E-state index in [1.807, 2.05) is 0 Å². The molecule has 0 unspecified atom stereocenters. The summed E-state index contributed by atoms with van der Waals surface area (Å²) in [5.74, 6) is 1.08. The number of hydrogen-bond donors (Lipinski definition) is 1. The molecule has 216 valence electrons. The largest absolute Gasteiger partial charge is 0.496 e. The molecule has 0 radical (unpaired) electrons. The number of methoxy groups -OCH3 is 1. The van der Waals surface area contributed by atoms with Crippen LogP contribution in [-0.2, 0) is 30.6 Å². The molecule has 2 aromatic rings. The van der Waals surface area contributed by atoms with Crippen LogP contribution in [0, 0.1) is 20.8 Å². The molecule has 1 aliphatic heterocycles. The molecule has 11 heteroatoms. The third kappa shape index (κ3) is 6.76. The standard InChI is InChI=1S/C28H41NO8SSi/c1-9-39(10-2,11-3)37-21(7)26(28(30)34-16-22-12-13-23-25(15-22)36-17-35-23)29-38(31,32)27-18(4)14-24(33-8)19(5)20(27)6/h12-15,21,26,29H,9-11,16-17H2,1-8H3/t21-,26+/m0/s1. The Hall–Kier alpha value is -2.60. The van der Waals surface area contributed by atoms with E-state index in [1.165, 1.54) is 0 Å². The van der Waals surface area contributed by atoms with E-state index in [1.54, 1.807) is 59.1 Å². The quantitative estimate of drug-likeness (QED) is 0.256. The maximum absolute atomic E-state index is 13.8. The molecule has 0 fully saturated rings. The lowest BCUT2D eigenvalue weighted by molar-refractivity contribution is -0.149. The third-order valence-corrected chi connectivity index (χ3v) is 14.1. The molecule has 1 N–H and O–H groups in total. The molecule has 2 aromatic carbocycles. The number of benzene rings is 2. The summed E-state index contributed by atoms with van der Waals surface area (Å²) in [4.78, 5) is 13.6. The molecule has 0 amide bonds. The number of carbonyl (C=O) groups is 1. The lowest BCUT2D eigenvalue weighted by Crippen LogP contribution is -2.53. The van der Waals surface area contributed by atoms with Crippen molar-refractivity contribution in [2.45, 2.75) is 90.2 Å². The second-order valence-corrected chi connectivity index (χ2v) is 16.3. The van der Waals surface area contributed by atoms with Crippen LogP contribution >= 0.6 is 0 Å². The van der Waals surface area contributed by atoms with Crippen molar-refractivity contribution < 1.29 is 36.6 Å². The van der Waals surface area contributed by atoms with Crippen molar-refractivity contribution in [1.29, 1.82) is 0 Å². The van der Waals surface area contributed by atoms with E-state index in [-0.39, 0.29) is 18.3 Å². The van der Waals surface area contributed by atoms with Crippen LogP contribution in [0.15, 0.2) is 29.2 Å². The minimum Gasteiger partial charge on any atom is -0.496 e. The van der Waals surface area contributed by atoms with Gasteiger partial charge in [0.15, 0.2) is 19.8 Å². The Bertz CT molecular complexity index is 1280. The normalized spacial score (nSPS) is 14.7.